The zero-order valence-corrected chi connectivity index (χ0v) is 11.5. The van der Waals surface area contributed by atoms with Crippen LogP contribution in [0.1, 0.15) is 5.56 Å². The van der Waals surface area contributed by atoms with Crippen LogP contribution < -0.4 is 5.32 Å². The Morgan fingerprint density at radius 3 is 2.71 bits per heavy atom. The van der Waals surface area contributed by atoms with Crippen molar-refractivity contribution in [2.24, 2.45) is 0 Å². The van der Waals surface area contributed by atoms with Crippen LogP contribution in [0.15, 0.2) is 48.5 Å². The van der Waals surface area contributed by atoms with E-state index >= 15 is 0 Å². The molecule has 0 radical (unpaired) electrons. The van der Waals surface area contributed by atoms with Gasteiger partial charge in [0.1, 0.15) is 5.82 Å². The zero-order valence-electron chi connectivity index (χ0n) is 11.5. The van der Waals surface area contributed by atoms with Gasteiger partial charge in [0, 0.05) is 12.1 Å². The minimum Gasteiger partial charge on any atom is -0.316 e. The Kier molecular flexibility index (Phi) is 3.70. The fourth-order valence-electron chi connectivity index (χ4n) is 2.10. The second-order valence-corrected chi connectivity index (χ2v) is 4.57. The number of hydrogen-bond acceptors (Lipinski definition) is 4. The number of rotatable bonds is 4. The smallest absolute Gasteiger partial charge is 0.205 e. The van der Waals surface area contributed by atoms with Crippen LogP contribution in [0.4, 0.5) is 4.39 Å². The van der Waals surface area contributed by atoms with Gasteiger partial charge in [-0.3, -0.25) is 0 Å². The molecule has 3 aromatic rings. The molecule has 106 valence electrons. The SMILES string of the molecule is CNCc1cc(F)ccc1-n1nnc(-c2ccccc2)n1. The molecule has 0 aliphatic carbocycles. The van der Waals surface area contributed by atoms with E-state index in [-0.39, 0.29) is 5.82 Å². The number of hydrogen-bond donors (Lipinski definition) is 1. The molecule has 0 saturated heterocycles. The van der Waals surface area contributed by atoms with E-state index in [0.29, 0.717) is 18.1 Å². The fraction of sp³-hybridized carbons (Fsp3) is 0.133. The maximum absolute atomic E-state index is 13.4. The summed E-state index contributed by atoms with van der Waals surface area (Å²) < 4.78 is 13.4. The summed E-state index contributed by atoms with van der Waals surface area (Å²) in [6.07, 6.45) is 0. The van der Waals surface area contributed by atoms with Crippen molar-refractivity contribution in [3.05, 3.63) is 59.9 Å². The normalized spacial score (nSPS) is 10.8. The van der Waals surface area contributed by atoms with Crippen molar-refractivity contribution in [1.29, 1.82) is 0 Å². The van der Waals surface area contributed by atoms with Crippen LogP contribution in [0.2, 0.25) is 0 Å². The third-order valence-electron chi connectivity index (χ3n) is 3.07. The molecule has 1 heterocycles. The Morgan fingerprint density at radius 1 is 1.14 bits per heavy atom. The zero-order chi connectivity index (χ0) is 14.7. The largest absolute Gasteiger partial charge is 0.316 e. The number of benzene rings is 2. The summed E-state index contributed by atoms with van der Waals surface area (Å²) in [5.41, 5.74) is 2.37. The first kappa shape index (κ1) is 13.4. The number of tetrazole rings is 1. The van der Waals surface area contributed by atoms with E-state index in [4.69, 9.17) is 0 Å². The summed E-state index contributed by atoms with van der Waals surface area (Å²) in [5, 5.41) is 15.5. The van der Waals surface area contributed by atoms with E-state index in [1.54, 1.807) is 13.1 Å². The van der Waals surface area contributed by atoms with Gasteiger partial charge in [-0.25, -0.2) is 4.39 Å². The lowest BCUT2D eigenvalue weighted by atomic mass is 10.2. The number of aromatic nitrogens is 4. The van der Waals surface area contributed by atoms with Crippen LogP contribution in [0.5, 0.6) is 0 Å². The first-order valence-electron chi connectivity index (χ1n) is 6.57. The minimum absolute atomic E-state index is 0.285. The Balaban J connectivity index is 2.00. The van der Waals surface area contributed by atoms with Gasteiger partial charge in [-0.1, -0.05) is 30.3 Å². The average Bonchev–Trinajstić information content (AvgIpc) is 2.98. The van der Waals surface area contributed by atoms with Crippen LogP contribution >= 0.6 is 0 Å². The highest BCUT2D eigenvalue weighted by molar-refractivity contribution is 5.53. The standard InChI is InChI=1S/C15H14FN5/c1-17-10-12-9-13(16)7-8-14(12)21-19-15(18-20-21)11-5-3-2-4-6-11/h2-9,17H,10H2,1H3. The van der Waals surface area contributed by atoms with Gasteiger partial charge in [0.2, 0.25) is 5.82 Å². The summed E-state index contributed by atoms with van der Waals surface area (Å²) in [4.78, 5) is 1.43. The van der Waals surface area contributed by atoms with Gasteiger partial charge in [0.25, 0.3) is 0 Å². The second-order valence-electron chi connectivity index (χ2n) is 4.57. The van der Waals surface area contributed by atoms with Crippen LogP contribution in [0.25, 0.3) is 17.1 Å². The molecule has 0 bridgehead atoms. The predicted octanol–water partition coefficient (Wildman–Crippen LogP) is 2.19. The summed E-state index contributed by atoms with van der Waals surface area (Å²) in [6, 6.07) is 14.1. The molecule has 6 heteroatoms. The maximum Gasteiger partial charge on any atom is 0.205 e. The number of nitrogens with zero attached hydrogens (tertiary/aromatic N) is 4. The molecule has 0 amide bonds. The van der Waals surface area contributed by atoms with Crippen molar-refractivity contribution in [3.8, 4) is 17.1 Å². The highest BCUT2D eigenvalue weighted by Crippen LogP contribution is 2.17. The molecule has 0 unspecified atom stereocenters. The van der Waals surface area contributed by atoms with Gasteiger partial charge in [-0.2, -0.15) is 0 Å². The van der Waals surface area contributed by atoms with Crippen molar-refractivity contribution in [2.75, 3.05) is 7.05 Å². The Morgan fingerprint density at radius 2 is 1.95 bits per heavy atom. The van der Waals surface area contributed by atoms with E-state index in [0.717, 1.165) is 11.1 Å². The molecule has 0 atom stereocenters. The molecule has 0 saturated carbocycles. The quantitative estimate of drug-likeness (QED) is 0.797. The first-order valence-corrected chi connectivity index (χ1v) is 6.57. The molecule has 0 aliphatic rings. The van der Waals surface area contributed by atoms with Crippen molar-refractivity contribution in [1.82, 2.24) is 25.5 Å². The summed E-state index contributed by atoms with van der Waals surface area (Å²) in [7, 11) is 1.80. The van der Waals surface area contributed by atoms with E-state index in [9.17, 15) is 4.39 Å². The molecule has 0 spiro atoms. The topological polar surface area (TPSA) is 55.6 Å². The first-order chi connectivity index (χ1) is 10.3. The third-order valence-corrected chi connectivity index (χ3v) is 3.07. The van der Waals surface area contributed by atoms with Crippen molar-refractivity contribution < 1.29 is 4.39 Å². The van der Waals surface area contributed by atoms with Crippen LogP contribution in [0, 0.1) is 5.82 Å². The third kappa shape index (κ3) is 2.80. The van der Waals surface area contributed by atoms with Gasteiger partial charge < -0.3 is 5.32 Å². The van der Waals surface area contributed by atoms with E-state index in [1.807, 2.05) is 30.3 Å². The number of nitrogens with one attached hydrogen (secondary N) is 1. The molecular weight excluding hydrogens is 269 g/mol. The lowest BCUT2D eigenvalue weighted by molar-refractivity contribution is 0.619. The van der Waals surface area contributed by atoms with Crippen molar-refractivity contribution in [3.63, 3.8) is 0 Å². The molecule has 5 nitrogen and oxygen atoms in total. The monoisotopic (exact) mass is 283 g/mol. The fourth-order valence-corrected chi connectivity index (χ4v) is 2.10. The van der Waals surface area contributed by atoms with Gasteiger partial charge in [0.15, 0.2) is 0 Å². The second kappa shape index (κ2) is 5.80. The summed E-state index contributed by atoms with van der Waals surface area (Å²) in [5.74, 6) is 0.253. The highest BCUT2D eigenvalue weighted by atomic mass is 19.1. The molecule has 1 N–H and O–H groups in total. The Bertz CT molecular complexity index is 739. The highest BCUT2D eigenvalue weighted by Gasteiger charge is 2.11. The predicted molar refractivity (Wildman–Crippen MR) is 77.3 cm³/mol. The van der Waals surface area contributed by atoms with E-state index in [2.05, 4.69) is 20.7 Å². The van der Waals surface area contributed by atoms with Gasteiger partial charge in [-0.15, -0.1) is 15.0 Å². The lowest BCUT2D eigenvalue weighted by Crippen LogP contribution is -2.11. The molecule has 0 aliphatic heterocycles. The van der Waals surface area contributed by atoms with Crippen molar-refractivity contribution in [2.45, 2.75) is 6.54 Å². The average molecular weight is 283 g/mol. The van der Waals surface area contributed by atoms with Gasteiger partial charge >= 0.3 is 0 Å². The molecule has 2 aromatic carbocycles. The van der Waals surface area contributed by atoms with E-state index < -0.39 is 0 Å². The van der Waals surface area contributed by atoms with E-state index in [1.165, 1.54) is 16.9 Å². The lowest BCUT2D eigenvalue weighted by Gasteiger charge is -2.07. The molecule has 21 heavy (non-hydrogen) atoms. The summed E-state index contributed by atoms with van der Waals surface area (Å²) >= 11 is 0. The minimum atomic E-state index is -0.285. The molecule has 1 aromatic heterocycles. The molecular formula is C15H14FN5. The molecule has 3 rings (SSSR count). The van der Waals surface area contributed by atoms with Crippen LogP contribution in [0.3, 0.4) is 0 Å². The van der Waals surface area contributed by atoms with Gasteiger partial charge in [0.05, 0.1) is 5.69 Å². The Hall–Kier alpha value is -2.60. The maximum atomic E-state index is 13.4. The number of halogens is 1. The van der Waals surface area contributed by atoms with Crippen LogP contribution in [-0.2, 0) is 6.54 Å². The Labute approximate surface area is 121 Å². The molecule has 0 fully saturated rings. The van der Waals surface area contributed by atoms with Crippen LogP contribution in [-0.4, -0.2) is 27.3 Å². The summed E-state index contributed by atoms with van der Waals surface area (Å²) in [6.45, 7) is 0.523. The van der Waals surface area contributed by atoms with Gasteiger partial charge in [-0.05, 0) is 36.0 Å². The van der Waals surface area contributed by atoms with Crippen molar-refractivity contribution >= 4 is 0 Å².